The van der Waals surface area contributed by atoms with Gasteiger partial charge in [-0.25, -0.2) is 4.98 Å². The van der Waals surface area contributed by atoms with Crippen LogP contribution in [0.1, 0.15) is 24.3 Å². The van der Waals surface area contributed by atoms with E-state index in [0.29, 0.717) is 18.2 Å². The van der Waals surface area contributed by atoms with Gasteiger partial charge in [0, 0.05) is 6.54 Å². The Kier molecular flexibility index (Phi) is 4.47. The lowest BCUT2D eigenvalue weighted by molar-refractivity contribution is -0.129. The predicted molar refractivity (Wildman–Crippen MR) is 70.9 cm³/mol. The first-order valence-electron chi connectivity index (χ1n) is 6.20. The zero-order valence-electron chi connectivity index (χ0n) is 11.0. The first-order chi connectivity index (χ1) is 9.06. The normalized spacial score (nSPS) is 19.1. The summed E-state index contributed by atoms with van der Waals surface area (Å²) >= 11 is 1.23. The fourth-order valence-electron chi connectivity index (χ4n) is 1.78. The van der Waals surface area contributed by atoms with Crippen molar-refractivity contribution in [1.82, 2.24) is 15.6 Å². The molecular weight excluding hydrogens is 266 g/mol. The molecule has 7 heteroatoms. The number of hydrogen-bond donors (Lipinski definition) is 2. The van der Waals surface area contributed by atoms with Gasteiger partial charge < -0.3 is 15.1 Å². The third kappa shape index (κ3) is 3.73. The summed E-state index contributed by atoms with van der Waals surface area (Å²) in [5.74, 6) is 0.672. The largest absolute Gasteiger partial charge is 0.437 e. The number of aromatic nitrogens is 1. The summed E-state index contributed by atoms with van der Waals surface area (Å²) in [6.45, 7) is 4.38. The van der Waals surface area contributed by atoms with E-state index in [0.717, 1.165) is 17.9 Å². The number of carbonyl (C=O) groups excluding carboxylic acids is 2. The molecule has 2 rings (SSSR count). The average molecular weight is 283 g/mol. The van der Waals surface area contributed by atoms with Crippen molar-refractivity contribution in [3.63, 3.8) is 0 Å². The van der Waals surface area contributed by atoms with Crippen molar-refractivity contribution in [3.8, 4) is 0 Å². The fourth-order valence-corrected chi connectivity index (χ4v) is 2.50. The van der Waals surface area contributed by atoms with Gasteiger partial charge in [-0.2, -0.15) is 0 Å². The molecule has 1 unspecified atom stereocenters. The van der Waals surface area contributed by atoms with E-state index in [-0.39, 0.29) is 17.6 Å². The number of amides is 2. The molecule has 0 saturated carbocycles. The molecule has 1 aliphatic heterocycles. The summed E-state index contributed by atoms with van der Waals surface area (Å²) in [6, 6.07) is -0.408. The molecule has 104 valence electrons. The molecule has 0 bridgehead atoms. The summed E-state index contributed by atoms with van der Waals surface area (Å²) in [5, 5.41) is 5.93. The number of carbonyl (C=O) groups is 2. The lowest BCUT2D eigenvalue weighted by Gasteiger charge is -2.22. The second-order valence-electron chi connectivity index (χ2n) is 4.46. The molecule has 1 saturated heterocycles. The van der Waals surface area contributed by atoms with Crippen LogP contribution in [0.25, 0.3) is 0 Å². The van der Waals surface area contributed by atoms with Crippen LogP contribution in [0.5, 0.6) is 0 Å². The maximum Gasteiger partial charge on any atom is 0.256 e. The summed E-state index contributed by atoms with van der Waals surface area (Å²) in [5.41, 5.74) is 0.828. The zero-order valence-corrected chi connectivity index (χ0v) is 11.8. The first-order valence-corrected chi connectivity index (χ1v) is 7.18. The van der Waals surface area contributed by atoms with Gasteiger partial charge in [-0.15, -0.1) is 0 Å². The molecule has 0 spiro atoms. The van der Waals surface area contributed by atoms with Crippen LogP contribution >= 0.6 is 11.8 Å². The van der Waals surface area contributed by atoms with Crippen molar-refractivity contribution in [2.45, 2.75) is 38.0 Å². The van der Waals surface area contributed by atoms with E-state index in [4.69, 9.17) is 4.42 Å². The van der Waals surface area contributed by atoms with Crippen molar-refractivity contribution in [2.75, 3.05) is 12.3 Å². The van der Waals surface area contributed by atoms with Crippen molar-refractivity contribution < 1.29 is 14.0 Å². The van der Waals surface area contributed by atoms with Gasteiger partial charge in [0.15, 0.2) is 0 Å². The van der Waals surface area contributed by atoms with Gasteiger partial charge >= 0.3 is 0 Å². The van der Waals surface area contributed by atoms with E-state index in [2.05, 4.69) is 15.6 Å². The van der Waals surface area contributed by atoms with E-state index in [9.17, 15) is 9.59 Å². The van der Waals surface area contributed by atoms with Crippen LogP contribution in [0, 0.1) is 13.8 Å². The maximum atomic E-state index is 11.7. The number of nitrogens with one attached hydrogen (secondary N) is 2. The number of oxazole rings is 1. The second kappa shape index (κ2) is 6.10. The number of piperidine rings is 1. The predicted octanol–water partition coefficient (Wildman–Crippen LogP) is 0.778. The van der Waals surface area contributed by atoms with E-state index >= 15 is 0 Å². The summed E-state index contributed by atoms with van der Waals surface area (Å²) in [7, 11) is 0. The Morgan fingerprint density at radius 1 is 1.58 bits per heavy atom. The van der Waals surface area contributed by atoms with Gasteiger partial charge in [0.05, 0.1) is 11.4 Å². The monoisotopic (exact) mass is 283 g/mol. The first kappa shape index (κ1) is 13.9. The molecular formula is C12H17N3O3S. The summed E-state index contributed by atoms with van der Waals surface area (Å²) < 4.78 is 5.37. The number of nitrogens with zero attached hydrogens (tertiary/aromatic N) is 1. The van der Waals surface area contributed by atoms with Crippen LogP contribution in [0.2, 0.25) is 0 Å². The van der Waals surface area contributed by atoms with Crippen LogP contribution in [-0.2, 0) is 9.59 Å². The van der Waals surface area contributed by atoms with Crippen molar-refractivity contribution in [1.29, 1.82) is 0 Å². The number of aryl methyl sites for hydroxylation is 2. The average Bonchev–Trinajstić information content (AvgIpc) is 2.69. The Labute approximate surface area is 115 Å². The second-order valence-corrected chi connectivity index (χ2v) is 5.39. The zero-order chi connectivity index (χ0) is 13.8. The summed E-state index contributed by atoms with van der Waals surface area (Å²) in [4.78, 5) is 27.4. The molecule has 1 aromatic heterocycles. The third-order valence-corrected chi connectivity index (χ3v) is 3.78. The molecule has 2 amide bonds. The molecule has 2 heterocycles. The highest BCUT2D eigenvalue weighted by Crippen LogP contribution is 2.19. The highest BCUT2D eigenvalue weighted by molar-refractivity contribution is 7.99. The van der Waals surface area contributed by atoms with Crippen LogP contribution in [0.4, 0.5) is 0 Å². The van der Waals surface area contributed by atoms with Crippen molar-refractivity contribution in [3.05, 3.63) is 11.5 Å². The molecule has 0 aliphatic carbocycles. The SMILES string of the molecule is Cc1nc(SCC(=O)NC2CCCNC2=O)oc1C. The van der Waals surface area contributed by atoms with Crippen molar-refractivity contribution in [2.24, 2.45) is 0 Å². The molecule has 0 radical (unpaired) electrons. The van der Waals surface area contributed by atoms with Crippen LogP contribution in [-0.4, -0.2) is 35.1 Å². The van der Waals surface area contributed by atoms with Gasteiger partial charge in [-0.1, -0.05) is 11.8 Å². The van der Waals surface area contributed by atoms with Gasteiger partial charge in [-0.05, 0) is 26.7 Å². The van der Waals surface area contributed by atoms with Gasteiger partial charge in [0.25, 0.3) is 5.22 Å². The topological polar surface area (TPSA) is 84.2 Å². The molecule has 2 N–H and O–H groups in total. The Balaban J connectivity index is 1.79. The quantitative estimate of drug-likeness (QED) is 0.798. The molecule has 1 aliphatic rings. The third-order valence-electron chi connectivity index (χ3n) is 2.96. The molecule has 1 aromatic rings. The fraction of sp³-hybridized carbons (Fsp3) is 0.583. The smallest absolute Gasteiger partial charge is 0.256 e. The maximum absolute atomic E-state index is 11.7. The van der Waals surface area contributed by atoms with E-state index in [1.54, 1.807) is 0 Å². The minimum absolute atomic E-state index is 0.104. The van der Waals surface area contributed by atoms with Crippen LogP contribution in [0.15, 0.2) is 9.64 Å². The minimum atomic E-state index is -0.408. The number of hydrogen-bond acceptors (Lipinski definition) is 5. The summed E-state index contributed by atoms with van der Waals surface area (Å²) in [6.07, 6.45) is 1.58. The number of thioether (sulfide) groups is 1. The van der Waals surface area contributed by atoms with Gasteiger partial charge in [0.1, 0.15) is 11.8 Å². The van der Waals surface area contributed by atoms with Crippen LogP contribution < -0.4 is 10.6 Å². The van der Waals surface area contributed by atoms with Gasteiger partial charge in [0.2, 0.25) is 11.8 Å². The van der Waals surface area contributed by atoms with Crippen molar-refractivity contribution >= 4 is 23.6 Å². The molecule has 19 heavy (non-hydrogen) atoms. The Morgan fingerprint density at radius 2 is 2.37 bits per heavy atom. The number of rotatable bonds is 4. The standard InChI is InChI=1S/C12H17N3O3S/c1-7-8(2)18-12(14-7)19-6-10(16)15-9-4-3-5-13-11(9)17/h9H,3-6H2,1-2H3,(H,13,17)(H,15,16). The van der Waals surface area contributed by atoms with E-state index in [1.165, 1.54) is 11.8 Å². The molecule has 0 aromatic carbocycles. The highest BCUT2D eigenvalue weighted by Gasteiger charge is 2.23. The van der Waals surface area contributed by atoms with E-state index < -0.39 is 6.04 Å². The molecule has 1 atom stereocenters. The Bertz CT molecular complexity index is 467. The van der Waals surface area contributed by atoms with E-state index in [1.807, 2.05) is 13.8 Å². The lowest BCUT2D eigenvalue weighted by atomic mass is 10.1. The minimum Gasteiger partial charge on any atom is -0.437 e. The molecule has 1 fully saturated rings. The highest BCUT2D eigenvalue weighted by atomic mass is 32.2. The van der Waals surface area contributed by atoms with Gasteiger partial charge in [-0.3, -0.25) is 9.59 Å². The molecule has 6 nitrogen and oxygen atoms in total. The Hall–Kier alpha value is -1.50. The lowest BCUT2D eigenvalue weighted by Crippen LogP contribution is -2.50. The van der Waals surface area contributed by atoms with Crippen LogP contribution in [0.3, 0.4) is 0 Å². The Morgan fingerprint density at radius 3 is 3.00 bits per heavy atom.